The van der Waals surface area contributed by atoms with Crippen molar-refractivity contribution in [3.8, 4) is 5.69 Å². The number of thioether (sulfide) groups is 1. The molecule has 7 nitrogen and oxygen atoms in total. The van der Waals surface area contributed by atoms with Crippen LogP contribution in [0.2, 0.25) is 0 Å². The third kappa shape index (κ3) is 5.39. The second kappa shape index (κ2) is 10.7. The van der Waals surface area contributed by atoms with E-state index < -0.39 is 0 Å². The predicted molar refractivity (Wildman–Crippen MR) is 154 cm³/mol. The first kappa shape index (κ1) is 26.2. The molecule has 0 aliphatic carbocycles. The molecule has 3 aromatic heterocycles. The van der Waals surface area contributed by atoms with Gasteiger partial charge in [-0.1, -0.05) is 39.0 Å². The summed E-state index contributed by atoms with van der Waals surface area (Å²) in [6, 6.07) is 16.0. The Balaban J connectivity index is 1.63. The van der Waals surface area contributed by atoms with Crippen molar-refractivity contribution in [2.24, 2.45) is 0 Å². The van der Waals surface area contributed by atoms with E-state index in [1.807, 2.05) is 48.0 Å². The van der Waals surface area contributed by atoms with Crippen LogP contribution in [0.3, 0.4) is 0 Å². The average Bonchev–Trinajstić information content (AvgIpc) is 3.53. The Morgan fingerprint density at radius 1 is 1.13 bits per heavy atom. The van der Waals surface area contributed by atoms with Crippen LogP contribution in [0.1, 0.15) is 53.3 Å². The van der Waals surface area contributed by atoms with Crippen molar-refractivity contribution in [3.05, 3.63) is 93.6 Å². The van der Waals surface area contributed by atoms with Crippen LogP contribution in [-0.2, 0) is 21.5 Å². The second-order valence-corrected chi connectivity index (χ2v) is 12.5. The van der Waals surface area contributed by atoms with E-state index >= 15 is 0 Å². The molecule has 1 aliphatic heterocycles. The van der Waals surface area contributed by atoms with E-state index in [0.717, 1.165) is 28.1 Å². The summed E-state index contributed by atoms with van der Waals surface area (Å²) in [5, 5.41) is 10.1. The summed E-state index contributed by atoms with van der Waals surface area (Å²) in [7, 11) is 0. The Bertz CT molecular complexity index is 1440. The van der Waals surface area contributed by atoms with Crippen LogP contribution in [-0.4, -0.2) is 38.9 Å². The minimum atomic E-state index is -0.280. The number of aryl methyl sites for hydroxylation is 1. The number of hydrogen-bond acceptors (Lipinski definition) is 6. The van der Waals surface area contributed by atoms with Gasteiger partial charge in [-0.3, -0.25) is 19.5 Å². The topological polar surface area (TPSA) is 80.1 Å². The Morgan fingerprint density at radius 2 is 1.92 bits per heavy atom. The van der Waals surface area contributed by atoms with Gasteiger partial charge in [-0.05, 0) is 53.8 Å². The Labute approximate surface area is 231 Å². The van der Waals surface area contributed by atoms with Crippen LogP contribution in [0.15, 0.2) is 66.3 Å². The van der Waals surface area contributed by atoms with Crippen LogP contribution in [0.25, 0.3) is 5.69 Å². The molecule has 1 aromatic carbocycles. The smallest absolute Gasteiger partial charge is 0.240 e. The van der Waals surface area contributed by atoms with E-state index in [0.29, 0.717) is 12.4 Å². The van der Waals surface area contributed by atoms with Gasteiger partial charge in [0.05, 0.1) is 22.4 Å². The minimum Gasteiger partial charge on any atom is -0.350 e. The van der Waals surface area contributed by atoms with Gasteiger partial charge in [0.25, 0.3) is 0 Å². The van der Waals surface area contributed by atoms with Gasteiger partial charge in [-0.15, -0.1) is 23.1 Å². The number of benzene rings is 1. The molecule has 0 spiro atoms. The molecule has 0 saturated carbocycles. The molecule has 0 saturated heterocycles. The van der Waals surface area contributed by atoms with E-state index in [1.54, 1.807) is 40.4 Å². The van der Waals surface area contributed by atoms with Gasteiger partial charge >= 0.3 is 0 Å². The lowest BCUT2D eigenvalue weighted by Crippen LogP contribution is -2.42. The Hall–Kier alpha value is -3.43. The van der Waals surface area contributed by atoms with Crippen molar-refractivity contribution < 1.29 is 9.59 Å². The number of pyridine rings is 1. The molecular weight excluding hydrogens is 514 g/mol. The van der Waals surface area contributed by atoms with Gasteiger partial charge in [-0.25, -0.2) is 4.68 Å². The van der Waals surface area contributed by atoms with E-state index in [2.05, 4.69) is 48.6 Å². The molecule has 0 radical (unpaired) electrons. The first-order valence-electron chi connectivity index (χ1n) is 12.5. The van der Waals surface area contributed by atoms with Crippen LogP contribution in [0.4, 0.5) is 5.82 Å². The van der Waals surface area contributed by atoms with Gasteiger partial charge in [0, 0.05) is 34.8 Å². The molecule has 2 amide bonds. The maximum atomic E-state index is 13.7. The van der Waals surface area contributed by atoms with Gasteiger partial charge in [0.15, 0.2) is 0 Å². The number of carbonyl (C=O) groups is 2. The standard InChI is InChI=1S/C29H31N5O2S2/c1-19-7-5-8-21(15-19)34-28-25(27(32-34)29(2,3)4)26(22-9-6-14-37-22)38-18-24(36)33(28)17-23(35)31-16-20-10-12-30-13-11-20/h5-15,26H,16-18H2,1-4H3,(H,31,35)/t26-/m1/s1. The van der Waals surface area contributed by atoms with E-state index in [4.69, 9.17) is 5.10 Å². The molecular formula is C29H31N5O2S2. The number of fused-ring (bicyclic) bond motifs is 1. The van der Waals surface area contributed by atoms with Crippen LogP contribution >= 0.6 is 23.1 Å². The molecule has 4 aromatic rings. The van der Waals surface area contributed by atoms with Crippen LogP contribution in [0.5, 0.6) is 0 Å². The first-order valence-corrected chi connectivity index (χ1v) is 14.5. The quantitative estimate of drug-likeness (QED) is 0.350. The molecule has 196 valence electrons. The zero-order valence-corrected chi connectivity index (χ0v) is 23.6. The van der Waals surface area contributed by atoms with E-state index in [-0.39, 0.29) is 34.8 Å². The van der Waals surface area contributed by atoms with Crippen molar-refractivity contribution in [2.75, 3.05) is 17.2 Å². The molecule has 1 N–H and O–H groups in total. The van der Waals surface area contributed by atoms with Gasteiger partial charge < -0.3 is 5.32 Å². The highest BCUT2D eigenvalue weighted by Crippen LogP contribution is 2.49. The summed E-state index contributed by atoms with van der Waals surface area (Å²) in [4.78, 5) is 33.7. The van der Waals surface area contributed by atoms with Gasteiger partial charge in [0.1, 0.15) is 12.4 Å². The maximum absolute atomic E-state index is 13.7. The van der Waals surface area contributed by atoms with Gasteiger partial charge in [-0.2, -0.15) is 5.10 Å². The van der Waals surface area contributed by atoms with Crippen molar-refractivity contribution >= 4 is 40.7 Å². The number of carbonyl (C=O) groups excluding carboxylic acids is 2. The second-order valence-electron chi connectivity index (χ2n) is 10.4. The van der Waals surface area contributed by atoms with Crippen molar-refractivity contribution in [1.82, 2.24) is 20.1 Å². The summed E-state index contributed by atoms with van der Waals surface area (Å²) in [6.45, 7) is 8.75. The van der Waals surface area contributed by atoms with Crippen molar-refractivity contribution in [2.45, 2.75) is 44.9 Å². The number of nitrogens with one attached hydrogen (secondary N) is 1. The molecule has 9 heteroatoms. The third-order valence-corrected chi connectivity index (χ3v) is 8.71. The fourth-order valence-electron chi connectivity index (χ4n) is 4.58. The lowest BCUT2D eigenvalue weighted by Gasteiger charge is -2.24. The Morgan fingerprint density at radius 3 is 2.61 bits per heavy atom. The molecule has 1 aliphatic rings. The first-order chi connectivity index (χ1) is 18.2. The van der Waals surface area contributed by atoms with Crippen molar-refractivity contribution in [1.29, 1.82) is 0 Å². The molecule has 4 heterocycles. The number of rotatable bonds is 6. The zero-order valence-electron chi connectivity index (χ0n) is 22.0. The number of hydrogen-bond donors (Lipinski definition) is 1. The van der Waals surface area contributed by atoms with Crippen LogP contribution in [0, 0.1) is 6.92 Å². The largest absolute Gasteiger partial charge is 0.350 e. The zero-order chi connectivity index (χ0) is 26.9. The Kier molecular flexibility index (Phi) is 7.40. The number of anilines is 1. The summed E-state index contributed by atoms with van der Waals surface area (Å²) in [5.41, 5.74) is 4.55. The number of thiophene rings is 1. The number of aromatic nitrogens is 3. The third-order valence-electron chi connectivity index (χ3n) is 6.39. The summed E-state index contributed by atoms with van der Waals surface area (Å²) >= 11 is 3.28. The maximum Gasteiger partial charge on any atom is 0.240 e. The monoisotopic (exact) mass is 545 g/mol. The lowest BCUT2D eigenvalue weighted by molar-refractivity contribution is -0.123. The van der Waals surface area contributed by atoms with Crippen LogP contribution < -0.4 is 10.2 Å². The average molecular weight is 546 g/mol. The minimum absolute atomic E-state index is 0.0633. The predicted octanol–water partition coefficient (Wildman–Crippen LogP) is 5.42. The summed E-state index contributed by atoms with van der Waals surface area (Å²) < 4.78 is 1.86. The molecule has 5 rings (SSSR count). The molecule has 1 atom stereocenters. The fourth-order valence-corrected chi connectivity index (χ4v) is 6.75. The SMILES string of the molecule is Cc1cccc(-n2nc(C(C)(C)C)c3c2N(CC(=O)NCc2ccncc2)C(=O)CS[C@@H]3c2cccs2)c1. The molecule has 0 bridgehead atoms. The summed E-state index contributed by atoms with van der Waals surface area (Å²) in [5.74, 6) is 0.610. The highest BCUT2D eigenvalue weighted by molar-refractivity contribution is 8.00. The molecule has 38 heavy (non-hydrogen) atoms. The van der Waals surface area contributed by atoms with Crippen molar-refractivity contribution in [3.63, 3.8) is 0 Å². The van der Waals surface area contributed by atoms with E-state index in [1.165, 1.54) is 4.88 Å². The highest BCUT2D eigenvalue weighted by Gasteiger charge is 2.40. The van der Waals surface area contributed by atoms with Gasteiger partial charge in [0.2, 0.25) is 11.8 Å². The summed E-state index contributed by atoms with van der Waals surface area (Å²) in [6.07, 6.45) is 3.39. The number of amides is 2. The molecule has 0 fully saturated rings. The van der Waals surface area contributed by atoms with E-state index in [9.17, 15) is 9.59 Å². The highest BCUT2D eigenvalue weighted by atomic mass is 32.2. The normalized spacial score (nSPS) is 15.7. The number of nitrogens with zero attached hydrogens (tertiary/aromatic N) is 4. The lowest BCUT2D eigenvalue weighted by atomic mass is 9.88. The molecule has 0 unspecified atom stereocenters. The fraction of sp³-hybridized carbons (Fsp3) is 0.310.